The maximum atomic E-state index is 5.63. The highest BCUT2D eigenvalue weighted by Gasteiger charge is 2.21. The van der Waals surface area contributed by atoms with Gasteiger partial charge in [0.25, 0.3) is 0 Å². The Labute approximate surface area is 396 Å². The number of hydrogen-bond donors (Lipinski definition) is 0. The van der Waals surface area contributed by atoms with Crippen molar-refractivity contribution in [2.24, 2.45) is 0 Å². The third-order valence-corrected chi connectivity index (χ3v) is 13.2. The van der Waals surface area contributed by atoms with Gasteiger partial charge in [-0.15, -0.1) is 0 Å². The normalized spacial score (nSPS) is 11.4. The molecule has 0 aliphatic carbocycles. The van der Waals surface area contributed by atoms with Gasteiger partial charge in [-0.25, -0.2) is 9.97 Å². The molecule has 0 aliphatic heterocycles. The first-order valence-electron chi connectivity index (χ1n) is 23.1. The van der Waals surface area contributed by atoms with Crippen LogP contribution in [0.1, 0.15) is 11.1 Å². The Balaban J connectivity index is 1.11. The van der Waals surface area contributed by atoms with Crippen molar-refractivity contribution in [3.05, 3.63) is 242 Å². The molecule has 3 aromatic heterocycles. The third kappa shape index (κ3) is 7.48. The standard InChI is InChI=1S/C64H44N4/c1-41-35-51(56-27-11-19-45-25-13-33-65-60(45)56)29-31-54(41)62-59-40-53(49-23-9-21-47(37-49)43-15-5-3-6-16-43)39-58(50-24-10-22-48(38-50)44-17-7-4-8-18-44)63(59)68-64(67-62)55-32-30-52(36-42(55)2)57-28-12-20-46-26-14-34-66-61(46)57/h3-40H,1-2H3. The van der Waals surface area contributed by atoms with Crippen LogP contribution in [0.5, 0.6) is 0 Å². The van der Waals surface area contributed by atoms with E-state index >= 15 is 0 Å². The molecule has 0 fully saturated rings. The van der Waals surface area contributed by atoms with Gasteiger partial charge in [-0.1, -0.05) is 182 Å². The van der Waals surface area contributed by atoms with Crippen LogP contribution >= 0.6 is 0 Å². The molecule has 320 valence electrons. The van der Waals surface area contributed by atoms with E-state index in [0.29, 0.717) is 5.82 Å². The van der Waals surface area contributed by atoms with Crippen molar-refractivity contribution in [3.8, 4) is 89.4 Å². The molecule has 0 aliphatic rings. The molecule has 0 amide bonds. The maximum absolute atomic E-state index is 5.63. The third-order valence-electron chi connectivity index (χ3n) is 13.2. The smallest absolute Gasteiger partial charge is 0.160 e. The van der Waals surface area contributed by atoms with Crippen LogP contribution in [0, 0.1) is 13.8 Å². The molecule has 12 aromatic rings. The molecular weight excluding hydrogens is 825 g/mol. The largest absolute Gasteiger partial charge is 0.256 e. The van der Waals surface area contributed by atoms with Crippen molar-refractivity contribution in [3.63, 3.8) is 0 Å². The molecule has 68 heavy (non-hydrogen) atoms. The number of nitrogens with zero attached hydrogens (tertiary/aromatic N) is 4. The van der Waals surface area contributed by atoms with E-state index in [9.17, 15) is 0 Å². The summed E-state index contributed by atoms with van der Waals surface area (Å²) >= 11 is 0. The molecule has 0 atom stereocenters. The summed E-state index contributed by atoms with van der Waals surface area (Å²) in [5.41, 5.74) is 21.3. The molecule has 0 saturated heterocycles. The highest BCUT2D eigenvalue weighted by molar-refractivity contribution is 6.06. The lowest BCUT2D eigenvalue weighted by molar-refractivity contribution is 1.21. The Kier molecular flexibility index (Phi) is 10.3. The van der Waals surface area contributed by atoms with Crippen LogP contribution in [0.3, 0.4) is 0 Å². The lowest BCUT2D eigenvalue weighted by Gasteiger charge is -2.18. The number of fused-ring (bicyclic) bond motifs is 3. The minimum atomic E-state index is 0.675. The Morgan fingerprint density at radius 3 is 1.32 bits per heavy atom. The van der Waals surface area contributed by atoms with E-state index in [1.807, 2.05) is 24.5 Å². The van der Waals surface area contributed by atoms with Crippen molar-refractivity contribution in [2.45, 2.75) is 13.8 Å². The number of aryl methyl sites for hydroxylation is 2. The quantitative estimate of drug-likeness (QED) is 0.153. The zero-order valence-electron chi connectivity index (χ0n) is 37.7. The van der Waals surface area contributed by atoms with Gasteiger partial charge in [0.1, 0.15) is 0 Å². The van der Waals surface area contributed by atoms with E-state index in [0.717, 1.165) is 122 Å². The summed E-state index contributed by atoms with van der Waals surface area (Å²) in [4.78, 5) is 20.8. The summed E-state index contributed by atoms with van der Waals surface area (Å²) in [6.45, 7) is 4.36. The summed E-state index contributed by atoms with van der Waals surface area (Å²) in [7, 11) is 0. The molecule has 4 heteroatoms. The number of hydrogen-bond acceptors (Lipinski definition) is 4. The Morgan fingerprint density at radius 1 is 0.279 bits per heavy atom. The second-order valence-corrected chi connectivity index (χ2v) is 17.5. The van der Waals surface area contributed by atoms with Gasteiger partial charge in [-0.2, -0.15) is 0 Å². The number of para-hydroxylation sites is 2. The number of aromatic nitrogens is 4. The summed E-state index contributed by atoms with van der Waals surface area (Å²) < 4.78 is 0. The average molecular weight is 869 g/mol. The Bertz CT molecular complexity index is 3870. The van der Waals surface area contributed by atoms with E-state index in [-0.39, 0.29) is 0 Å². The van der Waals surface area contributed by atoms with Crippen molar-refractivity contribution in [1.82, 2.24) is 19.9 Å². The second kappa shape index (κ2) is 17.2. The van der Waals surface area contributed by atoms with Crippen LogP contribution in [0.25, 0.3) is 122 Å². The van der Waals surface area contributed by atoms with Crippen LogP contribution in [0.15, 0.2) is 231 Å². The fraction of sp³-hybridized carbons (Fsp3) is 0.0312. The van der Waals surface area contributed by atoms with Crippen LogP contribution < -0.4 is 0 Å². The van der Waals surface area contributed by atoms with E-state index in [1.54, 1.807) is 0 Å². The summed E-state index contributed by atoms with van der Waals surface area (Å²) in [5.74, 6) is 0.675. The summed E-state index contributed by atoms with van der Waals surface area (Å²) in [6, 6.07) is 77.8. The fourth-order valence-electron chi connectivity index (χ4n) is 9.80. The molecule has 0 bridgehead atoms. The van der Waals surface area contributed by atoms with Crippen LogP contribution in [-0.2, 0) is 0 Å². The highest BCUT2D eigenvalue weighted by atomic mass is 14.9. The van der Waals surface area contributed by atoms with Gasteiger partial charge in [0.05, 0.1) is 22.2 Å². The average Bonchev–Trinajstić information content (AvgIpc) is 3.40. The van der Waals surface area contributed by atoms with Gasteiger partial charge in [0.15, 0.2) is 5.82 Å². The first kappa shape index (κ1) is 40.6. The lowest BCUT2D eigenvalue weighted by atomic mass is 9.90. The molecule has 4 nitrogen and oxygen atoms in total. The SMILES string of the molecule is Cc1cc(-c2cccc3cccnc23)ccc1-c1nc(-c2ccc(-c3cccc4cccnc34)cc2C)c2cc(-c3cccc(-c4ccccc4)c3)cc(-c3cccc(-c4ccccc4)c3)c2n1. The minimum Gasteiger partial charge on any atom is -0.256 e. The van der Waals surface area contributed by atoms with Gasteiger partial charge in [-0.3, -0.25) is 9.97 Å². The molecule has 9 aromatic carbocycles. The monoisotopic (exact) mass is 868 g/mol. The van der Waals surface area contributed by atoms with Crippen molar-refractivity contribution < 1.29 is 0 Å². The minimum absolute atomic E-state index is 0.675. The first-order chi connectivity index (χ1) is 33.5. The van der Waals surface area contributed by atoms with Gasteiger partial charge < -0.3 is 0 Å². The van der Waals surface area contributed by atoms with E-state index in [1.165, 1.54) is 5.56 Å². The van der Waals surface area contributed by atoms with Crippen LogP contribution in [0.4, 0.5) is 0 Å². The highest BCUT2D eigenvalue weighted by Crippen LogP contribution is 2.42. The van der Waals surface area contributed by atoms with Crippen LogP contribution in [0.2, 0.25) is 0 Å². The van der Waals surface area contributed by atoms with Crippen LogP contribution in [-0.4, -0.2) is 19.9 Å². The maximum Gasteiger partial charge on any atom is 0.160 e. The molecule has 12 rings (SSSR count). The predicted molar refractivity (Wildman–Crippen MR) is 283 cm³/mol. The van der Waals surface area contributed by atoms with E-state index in [2.05, 4.69) is 220 Å². The number of benzene rings is 9. The molecule has 0 radical (unpaired) electrons. The van der Waals surface area contributed by atoms with E-state index in [4.69, 9.17) is 19.9 Å². The Hall–Kier alpha value is -8.86. The van der Waals surface area contributed by atoms with Gasteiger partial charge in [0.2, 0.25) is 0 Å². The fourth-order valence-corrected chi connectivity index (χ4v) is 9.80. The van der Waals surface area contributed by atoms with Crippen molar-refractivity contribution in [2.75, 3.05) is 0 Å². The van der Waals surface area contributed by atoms with Crippen molar-refractivity contribution >= 4 is 32.7 Å². The number of pyridine rings is 2. The Morgan fingerprint density at radius 2 is 0.750 bits per heavy atom. The topological polar surface area (TPSA) is 51.6 Å². The molecule has 0 N–H and O–H groups in total. The molecular formula is C64H44N4. The molecule has 0 unspecified atom stereocenters. The van der Waals surface area contributed by atoms with Gasteiger partial charge in [-0.05, 0) is 111 Å². The number of rotatable bonds is 8. The first-order valence-corrected chi connectivity index (χ1v) is 23.1. The summed E-state index contributed by atoms with van der Waals surface area (Å²) in [6.07, 6.45) is 3.73. The van der Waals surface area contributed by atoms with Crippen molar-refractivity contribution in [1.29, 1.82) is 0 Å². The predicted octanol–water partition coefficient (Wildman–Crippen LogP) is 16.7. The van der Waals surface area contributed by atoms with E-state index < -0.39 is 0 Å². The molecule has 3 heterocycles. The zero-order valence-corrected chi connectivity index (χ0v) is 37.7. The molecule has 0 spiro atoms. The second-order valence-electron chi connectivity index (χ2n) is 17.5. The van der Waals surface area contributed by atoms with Gasteiger partial charge >= 0.3 is 0 Å². The zero-order chi connectivity index (χ0) is 45.6. The molecule has 0 saturated carbocycles. The lowest BCUT2D eigenvalue weighted by Crippen LogP contribution is -2.00. The summed E-state index contributed by atoms with van der Waals surface area (Å²) in [5, 5.41) is 3.21. The van der Waals surface area contributed by atoms with Gasteiger partial charge in [0, 0.05) is 56.4 Å².